The van der Waals surface area contributed by atoms with Gasteiger partial charge in [-0.1, -0.05) is 25.4 Å². The second-order valence-corrected chi connectivity index (χ2v) is 6.31. The Bertz CT molecular complexity index is 437. The lowest BCUT2D eigenvalue weighted by atomic mass is 10.0. The molecule has 0 saturated carbocycles. The van der Waals surface area contributed by atoms with E-state index in [0.717, 1.165) is 11.3 Å². The van der Waals surface area contributed by atoms with Crippen LogP contribution >= 0.6 is 35.0 Å². The van der Waals surface area contributed by atoms with E-state index >= 15 is 0 Å². The fourth-order valence-electron chi connectivity index (χ4n) is 1.74. The fraction of sp³-hybridized carbons (Fsp3) is 0.500. The molecule has 5 heteroatoms. The van der Waals surface area contributed by atoms with Crippen LogP contribution in [0.15, 0.2) is 23.1 Å². The van der Waals surface area contributed by atoms with E-state index in [9.17, 15) is 4.79 Å². The molecule has 0 aliphatic rings. The van der Waals surface area contributed by atoms with Crippen molar-refractivity contribution in [3.8, 4) is 0 Å². The minimum Gasteiger partial charge on any atom is -0.349 e. The largest absolute Gasteiger partial charge is 0.349 e. The summed E-state index contributed by atoms with van der Waals surface area (Å²) in [7, 11) is 0. The molecule has 0 aromatic heterocycles. The topological polar surface area (TPSA) is 29.1 Å². The van der Waals surface area contributed by atoms with Gasteiger partial charge < -0.3 is 5.32 Å². The third-order valence-electron chi connectivity index (χ3n) is 2.96. The molecule has 1 N–H and O–H groups in total. The van der Waals surface area contributed by atoms with Gasteiger partial charge in [-0.2, -0.15) is 0 Å². The van der Waals surface area contributed by atoms with E-state index in [1.54, 1.807) is 17.8 Å². The molecule has 0 aliphatic carbocycles. The Morgan fingerprint density at radius 2 is 2.11 bits per heavy atom. The Labute approximate surface area is 129 Å². The summed E-state index contributed by atoms with van der Waals surface area (Å²) in [5.41, 5.74) is 0.522. The summed E-state index contributed by atoms with van der Waals surface area (Å²) in [4.78, 5) is 13.3. The zero-order valence-electron chi connectivity index (χ0n) is 11.4. The van der Waals surface area contributed by atoms with Crippen molar-refractivity contribution >= 4 is 40.9 Å². The predicted octanol–water partition coefficient (Wildman–Crippen LogP) is 4.45. The van der Waals surface area contributed by atoms with Crippen LogP contribution in [-0.2, 0) is 0 Å². The number of carbonyl (C=O) groups excluding carboxylic acids is 1. The molecule has 2 nitrogen and oxygen atoms in total. The van der Waals surface area contributed by atoms with Gasteiger partial charge in [0.2, 0.25) is 0 Å². The minimum absolute atomic E-state index is 0.0685. The number of hydrogen-bond donors (Lipinski definition) is 1. The summed E-state index contributed by atoms with van der Waals surface area (Å²) in [6.07, 6.45) is 2.72. The summed E-state index contributed by atoms with van der Waals surface area (Å²) in [5.74, 6) is 0.733. The van der Waals surface area contributed by atoms with Crippen molar-refractivity contribution in [1.82, 2.24) is 5.32 Å². The lowest BCUT2D eigenvalue weighted by Crippen LogP contribution is -2.39. The third-order valence-corrected chi connectivity index (χ3v) is 4.23. The first-order valence-corrected chi connectivity index (χ1v) is 8.33. The van der Waals surface area contributed by atoms with E-state index in [0.29, 0.717) is 22.4 Å². The molecule has 1 aromatic carbocycles. The average molecular weight is 320 g/mol. The lowest BCUT2D eigenvalue weighted by Gasteiger charge is -2.21. The number of rotatable bonds is 6. The van der Waals surface area contributed by atoms with Crippen LogP contribution < -0.4 is 5.32 Å². The standard InChI is InChI=1S/C14H19Cl2NOS/c1-9(2)13(6-7-15)17-14(18)11-8-10(19-3)4-5-12(11)16/h4-5,8-9,13H,6-7H2,1-3H3,(H,17,18). The Morgan fingerprint density at radius 3 is 2.63 bits per heavy atom. The first kappa shape index (κ1) is 16.7. The smallest absolute Gasteiger partial charge is 0.253 e. The van der Waals surface area contributed by atoms with Gasteiger partial charge in [-0.05, 0) is 36.8 Å². The van der Waals surface area contributed by atoms with Gasteiger partial charge in [-0.25, -0.2) is 0 Å². The molecule has 1 amide bonds. The first-order valence-electron chi connectivity index (χ1n) is 6.20. The fourth-order valence-corrected chi connectivity index (χ4v) is 2.62. The number of halogens is 2. The second-order valence-electron chi connectivity index (χ2n) is 4.65. The number of hydrogen-bond acceptors (Lipinski definition) is 2. The van der Waals surface area contributed by atoms with Crippen LogP contribution in [0.5, 0.6) is 0 Å². The molecule has 1 rings (SSSR count). The Morgan fingerprint density at radius 1 is 1.42 bits per heavy atom. The van der Waals surface area contributed by atoms with Crippen LogP contribution in [-0.4, -0.2) is 24.1 Å². The minimum atomic E-state index is -0.135. The molecule has 1 aromatic rings. The number of thioether (sulfide) groups is 1. The monoisotopic (exact) mass is 319 g/mol. The number of nitrogens with one attached hydrogen (secondary N) is 1. The van der Waals surface area contributed by atoms with Crippen molar-refractivity contribution in [3.05, 3.63) is 28.8 Å². The van der Waals surface area contributed by atoms with Crippen molar-refractivity contribution in [2.24, 2.45) is 5.92 Å². The SMILES string of the molecule is CSc1ccc(Cl)c(C(=O)NC(CCCl)C(C)C)c1. The van der Waals surface area contributed by atoms with E-state index in [-0.39, 0.29) is 11.9 Å². The highest BCUT2D eigenvalue weighted by molar-refractivity contribution is 7.98. The van der Waals surface area contributed by atoms with Gasteiger partial charge >= 0.3 is 0 Å². The molecule has 1 atom stereocenters. The van der Waals surface area contributed by atoms with Crippen molar-refractivity contribution in [2.75, 3.05) is 12.1 Å². The van der Waals surface area contributed by atoms with Crippen LogP contribution in [0.2, 0.25) is 5.02 Å². The zero-order valence-corrected chi connectivity index (χ0v) is 13.7. The van der Waals surface area contributed by atoms with E-state index in [1.165, 1.54) is 0 Å². The number of benzene rings is 1. The quantitative estimate of drug-likeness (QED) is 0.620. The van der Waals surface area contributed by atoms with Gasteiger partial charge in [0.1, 0.15) is 0 Å². The summed E-state index contributed by atoms with van der Waals surface area (Å²) < 4.78 is 0. The summed E-state index contributed by atoms with van der Waals surface area (Å²) in [6, 6.07) is 5.55. The average Bonchev–Trinajstić information content (AvgIpc) is 2.38. The summed E-state index contributed by atoms with van der Waals surface area (Å²) in [6.45, 7) is 4.13. The number of carbonyl (C=O) groups is 1. The highest BCUT2D eigenvalue weighted by atomic mass is 35.5. The molecular weight excluding hydrogens is 301 g/mol. The van der Waals surface area contributed by atoms with E-state index in [2.05, 4.69) is 19.2 Å². The number of alkyl halides is 1. The van der Waals surface area contributed by atoms with Gasteiger partial charge in [0.25, 0.3) is 5.91 Å². The van der Waals surface area contributed by atoms with Crippen LogP contribution in [0.4, 0.5) is 0 Å². The molecule has 0 saturated heterocycles. The highest BCUT2D eigenvalue weighted by Gasteiger charge is 2.18. The molecule has 1 unspecified atom stereocenters. The van der Waals surface area contributed by atoms with Gasteiger partial charge in [-0.15, -0.1) is 23.4 Å². The lowest BCUT2D eigenvalue weighted by molar-refractivity contribution is 0.0925. The molecule has 0 fully saturated rings. The Balaban J connectivity index is 2.87. The molecular formula is C14H19Cl2NOS. The van der Waals surface area contributed by atoms with E-state index < -0.39 is 0 Å². The first-order chi connectivity index (χ1) is 8.99. The molecule has 106 valence electrons. The maximum absolute atomic E-state index is 12.3. The van der Waals surface area contributed by atoms with E-state index in [4.69, 9.17) is 23.2 Å². The van der Waals surface area contributed by atoms with Crippen LogP contribution in [0, 0.1) is 5.92 Å². The predicted molar refractivity (Wildman–Crippen MR) is 84.7 cm³/mol. The summed E-state index contributed by atoms with van der Waals surface area (Å²) >= 11 is 13.4. The van der Waals surface area contributed by atoms with Crippen LogP contribution in [0.25, 0.3) is 0 Å². The van der Waals surface area contributed by atoms with Crippen LogP contribution in [0.1, 0.15) is 30.6 Å². The molecule has 0 aliphatic heterocycles. The maximum Gasteiger partial charge on any atom is 0.253 e. The van der Waals surface area contributed by atoms with E-state index in [1.807, 2.05) is 18.4 Å². The van der Waals surface area contributed by atoms with Crippen molar-refractivity contribution in [3.63, 3.8) is 0 Å². The van der Waals surface area contributed by atoms with Gasteiger partial charge in [0.05, 0.1) is 10.6 Å². The molecule has 0 heterocycles. The molecule has 0 radical (unpaired) electrons. The van der Waals surface area contributed by atoms with Crippen molar-refractivity contribution in [1.29, 1.82) is 0 Å². The maximum atomic E-state index is 12.3. The number of amides is 1. The molecule has 0 spiro atoms. The third kappa shape index (κ3) is 4.90. The second kappa shape index (κ2) is 8.03. The Kier molecular flexibility index (Phi) is 7.05. The summed E-state index contributed by atoms with van der Waals surface area (Å²) in [5, 5.41) is 3.48. The van der Waals surface area contributed by atoms with Crippen molar-refractivity contribution in [2.45, 2.75) is 31.2 Å². The van der Waals surface area contributed by atoms with Gasteiger partial charge in [0.15, 0.2) is 0 Å². The normalized spacial score (nSPS) is 12.5. The molecule has 19 heavy (non-hydrogen) atoms. The molecule has 0 bridgehead atoms. The van der Waals surface area contributed by atoms with Crippen LogP contribution in [0.3, 0.4) is 0 Å². The van der Waals surface area contributed by atoms with Gasteiger partial charge in [-0.3, -0.25) is 4.79 Å². The zero-order chi connectivity index (χ0) is 14.4. The van der Waals surface area contributed by atoms with Crippen molar-refractivity contribution < 1.29 is 4.79 Å². The highest BCUT2D eigenvalue weighted by Crippen LogP contribution is 2.23. The Hall–Kier alpha value is -0.380. The van der Waals surface area contributed by atoms with Gasteiger partial charge in [0, 0.05) is 16.8 Å².